The number of rotatable bonds is 6. The van der Waals surface area contributed by atoms with Crippen LogP contribution in [0.5, 0.6) is 5.88 Å². The molecule has 5 aromatic rings. The predicted molar refractivity (Wildman–Crippen MR) is 187 cm³/mol. The Bertz CT molecular complexity index is 2330. The largest absolute Gasteiger partial charge is 0.858 e. The van der Waals surface area contributed by atoms with E-state index in [0.717, 1.165) is 64.2 Å². The summed E-state index contributed by atoms with van der Waals surface area (Å²) in [5, 5.41) is 25.4. The number of nitrogens with zero attached hydrogens (tertiary/aromatic N) is 4. The first kappa shape index (κ1) is 30.8. The van der Waals surface area contributed by atoms with Crippen LogP contribution in [0, 0.1) is 0 Å². The molecule has 0 atom stereocenters. The van der Waals surface area contributed by atoms with Crippen LogP contribution in [0.25, 0.3) is 45.4 Å². The van der Waals surface area contributed by atoms with Crippen molar-refractivity contribution in [2.24, 2.45) is 5.10 Å². The molecule has 8 rings (SSSR count). The van der Waals surface area contributed by atoms with Crippen LogP contribution in [0.3, 0.4) is 0 Å². The Morgan fingerprint density at radius 3 is 1.98 bits per heavy atom. The Balaban J connectivity index is 1.29. The van der Waals surface area contributed by atoms with Gasteiger partial charge in [0.15, 0.2) is 11.1 Å². The van der Waals surface area contributed by atoms with Gasteiger partial charge in [-0.2, -0.15) is 10.2 Å². The molecule has 0 saturated heterocycles. The Hall–Kier alpha value is -5.51. The zero-order valence-corrected chi connectivity index (χ0v) is 27.2. The molecular formula is C39H37N6O4-. The van der Waals surface area contributed by atoms with Crippen LogP contribution >= 0.6 is 0 Å². The van der Waals surface area contributed by atoms with E-state index in [1.165, 1.54) is 0 Å². The lowest BCUT2D eigenvalue weighted by atomic mass is 9.94. The van der Waals surface area contributed by atoms with Gasteiger partial charge in [-0.3, -0.25) is 19.1 Å². The molecule has 0 bridgehead atoms. The predicted octanol–water partition coefficient (Wildman–Crippen LogP) is 5.14. The fourth-order valence-electron chi connectivity index (χ4n) is 7.82. The number of hydrogen-bond donors (Lipinski definition) is 2. The minimum Gasteiger partial charge on any atom is -0.858 e. The highest BCUT2D eigenvalue weighted by atomic mass is 16.3. The molecule has 0 unspecified atom stereocenters. The summed E-state index contributed by atoms with van der Waals surface area (Å²) in [5.41, 5.74) is 2.83. The van der Waals surface area contributed by atoms with Gasteiger partial charge in [0.25, 0.3) is 17.0 Å². The van der Waals surface area contributed by atoms with E-state index in [4.69, 9.17) is 0 Å². The smallest absolute Gasteiger partial charge is 0.278 e. The Morgan fingerprint density at radius 1 is 0.714 bits per heavy atom. The van der Waals surface area contributed by atoms with Gasteiger partial charge in [-0.25, -0.2) is 5.01 Å². The average Bonchev–Trinajstić information content (AvgIpc) is 3.64. The van der Waals surface area contributed by atoms with Crippen LogP contribution in [0.2, 0.25) is 0 Å². The van der Waals surface area contributed by atoms with Crippen molar-refractivity contribution < 1.29 is 9.90 Å². The first-order valence-electron chi connectivity index (χ1n) is 17.3. The number of amides is 1. The highest BCUT2D eigenvalue weighted by molar-refractivity contribution is 6.02. The second-order valence-corrected chi connectivity index (χ2v) is 13.3. The van der Waals surface area contributed by atoms with E-state index in [1.54, 1.807) is 27.9 Å². The van der Waals surface area contributed by atoms with Crippen molar-refractivity contribution in [1.29, 1.82) is 0 Å². The summed E-state index contributed by atoms with van der Waals surface area (Å²) in [6.45, 7) is 0. The van der Waals surface area contributed by atoms with Gasteiger partial charge in [0.2, 0.25) is 0 Å². The molecule has 4 heterocycles. The number of hydrogen-bond acceptors (Lipinski definition) is 6. The molecule has 2 aliphatic carbocycles. The maximum Gasteiger partial charge on any atom is 0.278 e. The number of carbonyl (C=O) groups is 1. The van der Waals surface area contributed by atoms with E-state index >= 15 is 0 Å². The Morgan fingerprint density at radius 2 is 1.33 bits per heavy atom. The first-order valence-corrected chi connectivity index (χ1v) is 17.3. The molecule has 2 saturated carbocycles. The van der Waals surface area contributed by atoms with E-state index < -0.39 is 11.1 Å². The zero-order valence-electron chi connectivity index (χ0n) is 27.2. The molecule has 2 fully saturated rings. The molecule has 3 aromatic heterocycles. The van der Waals surface area contributed by atoms with Crippen molar-refractivity contribution in [3.05, 3.63) is 109 Å². The van der Waals surface area contributed by atoms with Gasteiger partial charge in [0, 0.05) is 27.3 Å². The maximum absolute atomic E-state index is 14.0. The normalized spacial score (nSPS) is 17.7. The lowest BCUT2D eigenvalue weighted by Gasteiger charge is -2.27. The zero-order chi connectivity index (χ0) is 33.5. The molecule has 49 heavy (non-hydrogen) atoms. The molecule has 10 nitrogen and oxygen atoms in total. The molecule has 1 aliphatic heterocycles. The highest BCUT2D eigenvalue weighted by Crippen LogP contribution is 2.38. The fourth-order valence-corrected chi connectivity index (χ4v) is 7.82. The van der Waals surface area contributed by atoms with Crippen LogP contribution in [0.1, 0.15) is 86.2 Å². The van der Waals surface area contributed by atoms with E-state index in [0.29, 0.717) is 33.2 Å². The molecular weight excluding hydrogens is 616 g/mol. The van der Waals surface area contributed by atoms with Gasteiger partial charge in [0.05, 0.1) is 17.6 Å². The van der Waals surface area contributed by atoms with Crippen molar-refractivity contribution in [3.8, 4) is 28.1 Å². The lowest BCUT2D eigenvalue weighted by molar-refractivity contribution is -0.278. The Kier molecular flexibility index (Phi) is 8.07. The van der Waals surface area contributed by atoms with Crippen molar-refractivity contribution >= 4 is 29.1 Å². The van der Waals surface area contributed by atoms with Gasteiger partial charge in [-0.15, -0.1) is 0 Å². The number of nitrogens with one attached hydrogen (secondary N) is 2. The van der Waals surface area contributed by atoms with Gasteiger partial charge in [-0.05, 0) is 54.8 Å². The molecule has 1 amide bonds. The number of aromatic amines is 2. The van der Waals surface area contributed by atoms with Crippen LogP contribution in [-0.2, 0) is 0 Å². The summed E-state index contributed by atoms with van der Waals surface area (Å²) >= 11 is 0. The average molecular weight is 654 g/mol. The minimum absolute atomic E-state index is 0.000440. The monoisotopic (exact) mass is 653 g/mol. The SMILES string of the molecule is O=C1c2c(-c3ccccc3)/c(=C\C=Cc3c(-c4ccccc4)c4c([O-])n(C5CCCCC5)nc4[nH]c3=O)c(=O)[nH]c2=NN1C1CCCCC1. The van der Waals surface area contributed by atoms with Crippen molar-refractivity contribution in [1.82, 2.24) is 24.8 Å². The van der Waals surface area contributed by atoms with Gasteiger partial charge >= 0.3 is 0 Å². The molecule has 3 aliphatic rings. The summed E-state index contributed by atoms with van der Waals surface area (Å²) < 4.78 is 1.56. The third-order valence-electron chi connectivity index (χ3n) is 10.2. The third kappa shape index (κ3) is 5.50. The summed E-state index contributed by atoms with van der Waals surface area (Å²) in [6, 6.07) is 18.7. The second kappa shape index (κ2) is 12.8. The van der Waals surface area contributed by atoms with Crippen molar-refractivity contribution in [2.75, 3.05) is 0 Å². The summed E-state index contributed by atoms with van der Waals surface area (Å²) in [7, 11) is 0. The number of carbonyl (C=O) groups excluding carboxylic acids is 1. The number of pyridine rings is 2. The van der Waals surface area contributed by atoms with Gasteiger partial charge < -0.3 is 15.1 Å². The first-order chi connectivity index (χ1) is 24.0. The quantitative estimate of drug-likeness (QED) is 0.261. The molecule has 0 spiro atoms. The fraction of sp³-hybridized carbons (Fsp3) is 0.308. The van der Waals surface area contributed by atoms with E-state index in [1.807, 2.05) is 60.7 Å². The molecule has 10 heteroatoms. The Labute approximate surface area is 282 Å². The second-order valence-electron chi connectivity index (χ2n) is 13.3. The molecule has 248 valence electrons. The maximum atomic E-state index is 14.0. The van der Waals surface area contributed by atoms with Gasteiger partial charge in [0.1, 0.15) is 0 Å². The van der Waals surface area contributed by atoms with E-state index in [-0.39, 0.29) is 45.8 Å². The van der Waals surface area contributed by atoms with E-state index in [9.17, 15) is 19.5 Å². The van der Waals surface area contributed by atoms with Crippen LogP contribution in [-0.4, -0.2) is 36.7 Å². The number of allylic oxidation sites excluding steroid dienone is 1. The topological polar surface area (TPSA) is 139 Å². The summed E-state index contributed by atoms with van der Waals surface area (Å²) in [6.07, 6.45) is 14.8. The van der Waals surface area contributed by atoms with E-state index in [2.05, 4.69) is 20.2 Å². The number of aromatic nitrogens is 4. The van der Waals surface area contributed by atoms with Crippen molar-refractivity contribution in [3.63, 3.8) is 0 Å². The number of fused-ring (bicyclic) bond motifs is 2. The number of benzene rings is 2. The lowest BCUT2D eigenvalue weighted by Crippen LogP contribution is -2.38. The van der Waals surface area contributed by atoms with Crippen LogP contribution in [0.4, 0.5) is 0 Å². The molecule has 0 radical (unpaired) electrons. The van der Waals surface area contributed by atoms with Crippen molar-refractivity contribution in [2.45, 2.75) is 76.3 Å². The summed E-state index contributed by atoms with van der Waals surface area (Å²) in [5.74, 6) is -0.441. The third-order valence-corrected chi connectivity index (χ3v) is 10.2. The number of H-pyrrole nitrogens is 2. The standard InChI is InChI=1S/C39H38N6O4/c46-36-28(30(24-14-5-1-6-15-24)32-34(40-36)42-44(38(32)48)26-18-9-3-10-19-26)22-13-23-29-31(25-16-7-2-8-17-25)33-35(41-37(29)47)43-45(39(33)49)27-20-11-4-12-21-27/h1-2,5-8,13-17,22-23,26-27,48H,3-4,9-12,18-21H2,(H,40,42,46)(H,41,43,47)/p-1/b22-13?,29-23+. The van der Waals surface area contributed by atoms with Crippen LogP contribution in [0.15, 0.2) is 81.4 Å². The van der Waals surface area contributed by atoms with Crippen LogP contribution < -0.4 is 26.9 Å². The van der Waals surface area contributed by atoms with Gasteiger partial charge in [-0.1, -0.05) is 105 Å². The highest BCUT2D eigenvalue weighted by Gasteiger charge is 2.34. The molecule has 2 N–H and O–H groups in total. The minimum atomic E-state index is -0.396. The summed E-state index contributed by atoms with van der Waals surface area (Å²) in [4.78, 5) is 47.1. The molecule has 2 aromatic carbocycles.